The summed E-state index contributed by atoms with van der Waals surface area (Å²) in [6.45, 7) is 1.57. The van der Waals surface area contributed by atoms with Crippen LogP contribution < -0.4 is 5.32 Å². The van der Waals surface area contributed by atoms with Gasteiger partial charge in [0, 0.05) is 27.9 Å². The molecule has 126 valence electrons. The highest BCUT2D eigenvalue weighted by Gasteiger charge is 2.33. The second kappa shape index (κ2) is 6.60. The van der Waals surface area contributed by atoms with Gasteiger partial charge in [0.25, 0.3) is 11.6 Å². The van der Waals surface area contributed by atoms with Gasteiger partial charge in [0.05, 0.1) is 10.5 Å². The van der Waals surface area contributed by atoms with Gasteiger partial charge in [-0.15, -0.1) is 0 Å². The zero-order chi connectivity index (χ0) is 18.1. The van der Waals surface area contributed by atoms with Crippen LogP contribution in [0.1, 0.15) is 21.5 Å². The minimum absolute atomic E-state index is 0.0145. The molecule has 0 aliphatic carbocycles. The van der Waals surface area contributed by atoms with Gasteiger partial charge in [-0.1, -0.05) is 22.0 Å². The number of nitrogens with one attached hydrogen (secondary N) is 1. The second-order valence-corrected chi connectivity index (χ2v) is 5.76. The molecule has 0 heterocycles. The molecule has 9 heteroatoms. The molecule has 0 saturated carbocycles. The third-order valence-electron chi connectivity index (χ3n) is 3.21. The van der Waals surface area contributed by atoms with Gasteiger partial charge in [0.2, 0.25) is 0 Å². The van der Waals surface area contributed by atoms with Crippen LogP contribution in [0.15, 0.2) is 40.9 Å². The van der Waals surface area contributed by atoms with E-state index in [9.17, 15) is 28.1 Å². The van der Waals surface area contributed by atoms with E-state index in [0.717, 1.165) is 12.1 Å². The number of benzene rings is 2. The van der Waals surface area contributed by atoms with Gasteiger partial charge in [-0.2, -0.15) is 13.2 Å². The molecule has 2 rings (SSSR count). The Balaban J connectivity index is 2.34. The van der Waals surface area contributed by atoms with E-state index in [4.69, 9.17) is 0 Å². The Morgan fingerprint density at radius 3 is 2.46 bits per heavy atom. The molecule has 0 bridgehead atoms. The summed E-state index contributed by atoms with van der Waals surface area (Å²) in [6, 6.07) is 6.97. The number of anilines is 1. The van der Waals surface area contributed by atoms with Crippen LogP contribution in [0.4, 0.5) is 24.5 Å². The van der Waals surface area contributed by atoms with E-state index in [1.807, 2.05) is 0 Å². The number of carbonyl (C=O) groups excluding carboxylic acids is 1. The van der Waals surface area contributed by atoms with Crippen molar-refractivity contribution in [1.82, 2.24) is 0 Å². The van der Waals surface area contributed by atoms with E-state index < -0.39 is 22.6 Å². The van der Waals surface area contributed by atoms with Crippen LogP contribution in [0.5, 0.6) is 0 Å². The summed E-state index contributed by atoms with van der Waals surface area (Å²) >= 11 is 2.81. The van der Waals surface area contributed by atoms with Crippen LogP contribution >= 0.6 is 15.9 Å². The number of halogens is 4. The van der Waals surface area contributed by atoms with Crippen LogP contribution in [-0.2, 0) is 6.18 Å². The molecule has 1 N–H and O–H groups in total. The van der Waals surface area contributed by atoms with Crippen molar-refractivity contribution >= 4 is 33.2 Å². The molecule has 0 radical (unpaired) electrons. The number of rotatable bonds is 3. The quantitative estimate of drug-likeness (QED) is 0.583. The first-order valence-corrected chi connectivity index (χ1v) is 7.32. The molecule has 2 aromatic carbocycles. The largest absolute Gasteiger partial charge is 0.417 e. The van der Waals surface area contributed by atoms with Crippen LogP contribution in [0.3, 0.4) is 0 Å². The molecule has 0 aliphatic rings. The van der Waals surface area contributed by atoms with Crippen molar-refractivity contribution in [2.24, 2.45) is 0 Å². The Hall–Kier alpha value is -2.42. The molecule has 5 nitrogen and oxygen atoms in total. The fraction of sp³-hybridized carbons (Fsp3) is 0.133. The van der Waals surface area contributed by atoms with E-state index in [0.29, 0.717) is 5.56 Å². The average molecular weight is 403 g/mol. The number of aryl methyl sites for hydroxylation is 1. The van der Waals surface area contributed by atoms with E-state index in [1.54, 1.807) is 6.92 Å². The van der Waals surface area contributed by atoms with Gasteiger partial charge in [-0.3, -0.25) is 14.9 Å². The fourth-order valence-corrected chi connectivity index (χ4v) is 2.46. The van der Waals surface area contributed by atoms with Gasteiger partial charge in [-0.25, -0.2) is 0 Å². The van der Waals surface area contributed by atoms with Gasteiger partial charge < -0.3 is 5.32 Å². The van der Waals surface area contributed by atoms with Crippen LogP contribution in [0, 0.1) is 17.0 Å². The molecule has 0 unspecified atom stereocenters. The van der Waals surface area contributed by atoms with Crippen LogP contribution in [0.25, 0.3) is 0 Å². The highest BCUT2D eigenvalue weighted by Crippen LogP contribution is 2.36. The Bertz CT molecular complexity index is 822. The predicted molar refractivity (Wildman–Crippen MR) is 84.9 cm³/mol. The number of nitrogens with zero attached hydrogens (tertiary/aromatic N) is 1. The molecule has 1 amide bonds. The van der Waals surface area contributed by atoms with Crippen molar-refractivity contribution < 1.29 is 22.9 Å². The van der Waals surface area contributed by atoms with Gasteiger partial charge >= 0.3 is 6.18 Å². The summed E-state index contributed by atoms with van der Waals surface area (Å²) in [7, 11) is 0. The number of amides is 1. The van der Waals surface area contributed by atoms with Crippen molar-refractivity contribution in [2.75, 3.05) is 5.32 Å². The van der Waals surface area contributed by atoms with Crippen molar-refractivity contribution in [1.29, 1.82) is 0 Å². The molecule has 24 heavy (non-hydrogen) atoms. The summed E-state index contributed by atoms with van der Waals surface area (Å²) < 4.78 is 38.5. The molecule has 0 aliphatic heterocycles. The number of carbonyl (C=O) groups is 1. The molecule has 0 fully saturated rings. The standard InChI is InChI=1S/C15H10BrF3N2O3/c1-8-2-4-10(21(23)24)7-11(8)14(22)20-9-3-5-13(16)12(6-9)15(17,18)19/h2-7H,1H3,(H,20,22). The lowest BCUT2D eigenvalue weighted by atomic mass is 10.1. The van der Waals surface area contributed by atoms with Crippen molar-refractivity contribution in [3.8, 4) is 0 Å². The first-order valence-electron chi connectivity index (χ1n) is 6.52. The van der Waals surface area contributed by atoms with Gasteiger partial charge in [-0.05, 0) is 30.7 Å². The van der Waals surface area contributed by atoms with Crippen molar-refractivity contribution in [3.05, 3.63) is 67.7 Å². The minimum Gasteiger partial charge on any atom is -0.322 e. The number of non-ortho nitro benzene ring substituents is 1. The van der Waals surface area contributed by atoms with Gasteiger partial charge in [0.15, 0.2) is 0 Å². The Morgan fingerprint density at radius 1 is 1.21 bits per heavy atom. The topological polar surface area (TPSA) is 72.2 Å². The second-order valence-electron chi connectivity index (χ2n) is 4.90. The normalized spacial score (nSPS) is 11.2. The minimum atomic E-state index is -4.58. The number of alkyl halides is 3. The van der Waals surface area contributed by atoms with Gasteiger partial charge in [0.1, 0.15) is 0 Å². The summed E-state index contributed by atoms with van der Waals surface area (Å²) in [5.74, 6) is -0.730. The summed E-state index contributed by atoms with van der Waals surface area (Å²) in [4.78, 5) is 22.4. The Labute approximate surface area is 142 Å². The predicted octanol–water partition coefficient (Wildman–Crippen LogP) is 4.94. The average Bonchev–Trinajstić information content (AvgIpc) is 2.48. The summed E-state index contributed by atoms with van der Waals surface area (Å²) in [5.41, 5.74) is -0.804. The third-order valence-corrected chi connectivity index (χ3v) is 3.90. The van der Waals surface area contributed by atoms with E-state index in [-0.39, 0.29) is 21.4 Å². The zero-order valence-electron chi connectivity index (χ0n) is 12.1. The lowest BCUT2D eigenvalue weighted by Crippen LogP contribution is -2.15. The number of hydrogen-bond acceptors (Lipinski definition) is 3. The maximum Gasteiger partial charge on any atom is 0.417 e. The SMILES string of the molecule is Cc1ccc([N+](=O)[O-])cc1C(=O)Nc1ccc(Br)c(C(F)(F)F)c1. The third kappa shape index (κ3) is 3.91. The highest BCUT2D eigenvalue weighted by molar-refractivity contribution is 9.10. The number of nitro groups is 1. The lowest BCUT2D eigenvalue weighted by molar-refractivity contribution is -0.384. The Kier molecular flexibility index (Phi) is 4.93. The van der Waals surface area contributed by atoms with E-state index in [2.05, 4.69) is 21.2 Å². The maximum atomic E-state index is 12.9. The fourth-order valence-electron chi connectivity index (χ4n) is 1.99. The highest BCUT2D eigenvalue weighted by atomic mass is 79.9. The monoisotopic (exact) mass is 402 g/mol. The molecule has 0 atom stereocenters. The lowest BCUT2D eigenvalue weighted by Gasteiger charge is -2.12. The summed E-state index contributed by atoms with van der Waals surface area (Å²) in [5, 5.41) is 13.1. The zero-order valence-corrected chi connectivity index (χ0v) is 13.7. The summed E-state index contributed by atoms with van der Waals surface area (Å²) in [6.07, 6.45) is -4.58. The van der Waals surface area contributed by atoms with E-state index in [1.165, 1.54) is 24.3 Å². The van der Waals surface area contributed by atoms with Crippen LogP contribution in [0.2, 0.25) is 0 Å². The first kappa shape index (κ1) is 17.9. The number of hydrogen-bond donors (Lipinski definition) is 1. The van der Waals surface area contributed by atoms with Crippen molar-refractivity contribution in [3.63, 3.8) is 0 Å². The molecular formula is C15H10BrF3N2O3. The molecule has 2 aromatic rings. The number of nitro benzene ring substituents is 1. The molecule has 0 saturated heterocycles. The molecular weight excluding hydrogens is 393 g/mol. The Morgan fingerprint density at radius 2 is 1.88 bits per heavy atom. The van der Waals surface area contributed by atoms with Crippen LogP contribution in [-0.4, -0.2) is 10.8 Å². The maximum absolute atomic E-state index is 12.9. The molecule has 0 aromatic heterocycles. The smallest absolute Gasteiger partial charge is 0.322 e. The first-order chi connectivity index (χ1) is 11.1. The van der Waals surface area contributed by atoms with E-state index >= 15 is 0 Å². The van der Waals surface area contributed by atoms with Crippen molar-refractivity contribution in [2.45, 2.75) is 13.1 Å². The molecule has 0 spiro atoms.